The molecule has 2 aromatic heterocycles. The Morgan fingerprint density at radius 1 is 0.358 bits per heavy atom. The van der Waals surface area contributed by atoms with E-state index in [1.54, 1.807) is 0 Å². The molecule has 0 aliphatic heterocycles. The molecule has 2 atom stereocenters. The van der Waals surface area contributed by atoms with Gasteiger partial charge < -0.3 is 18.9 Å². The summed E-state index contributed by atoms with van der Waals surface area (Å²) >= 11 is 0. The first-order valence-electron chi connectivity index (χ1n) is 27.9. The number of rotatable bonds is 13. The normalized spacial score (nSPS) is 14.1. The van der Waals surface area contributed by atoms with Crippen LogP contribution in [0.1, 0.15) is 29.5 Å². The fourth-order valence-electron chi connectivity index (χ4n) is 12.3. The Morgan fingerprint density at radius 2 is 0.728 bits per heavy atom. The summed E-state index contributed by atoms with van der Waals surface area (Å²) in [6, 6.07) is 97.1. The van der Waals surface area contributed by atoms with Gasteiger partial charge in [-0.1, -0.05) is 190 Å². The van der Waals surface area contributed by atoms with Crippen molar-refractivity contribution >= 4 is 84.2 Å². The van der Waals surface area contributed by atoms with Gasteiger partial charge in [-0.25, -0.2) is 0 Å². The number of benzene rings is 11. The minimum atomic E-state index is 0.179. The lowest BCUT2D eigenvalue weighted by Gasteiger charge is -2.32. The summed E-state index contributed by atoms with van der Waals surface area (Å²) in [5.41, 5.74) is 21.8. The van der Waals surface area contributed by atoms with Crippen molar-refractivity contribution in [3.05, 3.63) is 321 Å². The molecule has 0 saturated carbocycles. The minimum Gasteiger partial charge on any atom is -0.311 e. The highest BCUT2D eigenvalue weighted by Gasteiger charge is 2.25. The Labute approximate surface area is 473 Å². The zero-order valence-electron chi connectivity index (χ0n) is 45.1. The fraction of sp³-hybridized carbons (Fsp3) is 0.0390. The van der Waals surface area contributed by atoms with Crippen LogP contribution in [0.5, 0.6) is 0 Å². The second-order valence-corrected chi connectivity index (χ2v) is 21.1. The number of aromatic nitrogens is 2. The van der Waals surface area contributed by atoms with Gasteiger partial charge in [0, 0.05) is 73.0 Å². The van der Waals surface area contributed by atoms with E-state index in [1.165, 1.54) is 65.9 Å². The van der Waals surface area contributed by atoms with Crippen molar-refractivity contribution in [1.29, 1.82) is 0 Å². The van der Waals surface area contributed by atoms with Gasteiger partial charge in [-0.05, 0) is 172 Å². The van der Waals surface area contributed by atoms with Gasteiger partial charge in [0.15, 0.2) is 0 Å². The van der Waals surface area contributed by atoms with E-state index in [2.05, 4.69) is 324 Å². The first kappa shape index (κ1) is 48.9. The lowest BCUT2D eigenvalue weighted by atomic mass is 9.83. The Morgan fingerprint density at radius 3 is 1.17 bits per heavy atom. The van der Waals surface area contributed by atoms with Crippen LogP contribution in [0, 0.1) is 5.92 Å². The predicted octanol–water partition coefficient (Wildman–Crippen LogP) is 21.0. The van der Waals surface area contributed by atoms with E-state index in [4.69, 9.17) is 0 Å². The van der Waals surface area contributed by atoms with Crippen LogP contribution >= 0.6 is 0 Å². The van der Waals surface area contributed by atoms with Crippen LogP contribution in [-0.2, 0) is 0 Å². The van der Waals surface area contributed by atoms with Gasteiger partial charge in [0.05, 0.1) is 22.1 Å². The Balaban J connectivity index is 0.816. The minimum absolute atomic E-state index is 0.179. The first-order valence-corrected chi connectivity index (χ1v) is 27.9. The molecule has 14 rings (SSSR count). The van der Waals surface area contributed by atoms with Crippen LogP contribution in [0.4, 0.5) is 28.4 Å². The number of allylic oxidation sites excluding steroid dienone is 3. The third kappa shape index (κ3) is 8.94. The van der Waals surface area contributed by atoms with Crippen LogP contribution in [0.15, 0.2) is 304 Å². The highest BCUT2D eigenvalue weighted by Crippen LogP contribution is 2.45. The number of fused-ring (bicyclic) bond motifs is 6. The van der Waals surface area contributed by atoms with Crippen molar-refractivity contribution in [1.82, 2.24) is 9.13 Å². The van der Waals surface area contributed by atoms with Gasteiger partial charge in [0.25, 0.3) is 0 Å². The molecule has 1 aliphatic carbocycles. The molecule has 0 N–H and O–H groups in total. The lowest BCUT2D eigenvalue weighted by molar-refractivity contribution is 0.628. The van der Waals surface area contributed by atoms with Crippen molar-refractivity contribution < 1.29 is 0 Å². The molecule has 0 fully saturated rings. The third-order valence-corrected chi connectivity index (χ3v) is 16.3. The Kier molecular flexibility index (Phi) is 12.5. The molecule has 386 valence electrons. The highest BCUT2D eigenvalue weighted by atomic mass is 15.2. The monoisotopic (exact) mass is 1040 g/mol. The number of para-hydroxylation sites is 4. The fourth-order valence-corrected chi connectivity index (χ4v) is 12.3. The SMILES string of the molecule is C=Cc1ccc(-c2ccc3c(c2)c2cc(N(C4=CC(C)C(c5ccc(N(c6ccccc6)c6ccc7c(c6)c6cc(-c8ccc(C=C)cc8)ccc6n7-c6ccccc6)cc5)C=C4)c4ccccc4)ccc2n3-c2ccccc2)cc1. The average molecular weight is 1040 g/mol. The van der Waals surface area contributed by atoms with Gasteiger partial charge in [0.1, 0.15) is 0 Å². The van der Waals surface area contributed by atoms with Crippen LogP contribution in [0.25, 0.3) is 89.4 Å². The number of nitrogens with zero attached hydrogens (tertiary/aromatic N) is 4. The van der Waals surface area contributed by atoms with Crippen molar-refractivity contribution in [2.24, 2.45) is 5.92 Å². The van der Waals surface area contributed by atoms with Crippen molar-refractivity contribution in [2.75, 3.05) is 9.80 Å². The summed E-state index contributed by atoms with van der Waals surface area (Å²) < 4.78 is 4.79. The second-order valence-electron chi connectivity index (χ2n) is 21.1. The van der Waals surface area contributed by atoms with E-state index in [-0.39, 0.29) is 11.8 Å². The molecule has 0 bridgehead atoms. The number of anilines is 5. The smallest absolute Gasteiger partial charge is 0.0542 e. The maximum atomic E-state index is 3.98. The summed E-state index contributed by atoms with van der Waals surface area (Å²) in [5.74, 6) is 0.388. The predicted molar refractivity (Wildman–Crippen MR) is 345 cm³/mol. The van der Waals surface area contributed by atoms with Gasteiger partial charge in [-0.3, -0.25) is 0 Å². The summed E-state index contributed by atoms with van der Waals surface area (Å²) in [6.07, 6.45) is 11.0. The van der Waals surface area contributed by atoms with Gasteiger partial charge in [-0.15, -0.1) is 0 Å². The molecule has 11 aromatic carbocycles. The number of hydrogen-bond acceptors (Lipinski definition) is 2. The average Bonchev–Trinajstić information content (AvgIpc) is 3.43. The van der Waals surface area contributed by atoms with Crippen molar-refractivity contribution in [3.63, 3.8) is 0 Å². The summed E-state index contributed by atoms with van der Waals surface area (Å²) in [5, 5.41) is 4.81. The zero-order chi connectivity index (χ0) is 54.4. The molecular formula is C77H58N4. The van der Waals surface area contributed by atoms with Crippen LogP contribution in [-0.4, -0.2) is 9.13 Å². The van der Waals surface area contributed by atoms with E-state index in [0.29, 0.717) is 0 Å². The quantitative estimate of drug-likeness (QED) is 0.114. The standard InChI is InChI=1S/C77H58N4/c1-4-54-26-30-56(31-27-54)59-36-44-74-70(49-59)72-51-67(41-46-76(72)80(74)63-22-14-8-15-23-63)78(61-18-10-6-11-19-61)65-38-34-58(35-39-65)69-43-40-66(48-53(69)3)79(62-20-12-7-13-21-62)68-42-47-77-73(52-68)71-50-60(57-32-28-55(5-2)29-33-57)37-45-75(71)81(77)64-24-16-9-17-25-64/h4-53,69H,1-2H2,3H3. The molecule has 13 aromatic rings. The van der Waals surface area contributed by atoms with E-state index < -0.39 is 0 Å². The lowest BCUT2D eigenvalue weighted by Crippen LogP contribution is -2.20. The summed E-state index contributed by atoms with van der Waals surface area (Å²) in [4.78, 5) is 4.81. The molecule has 0 radical (unpaired) electrons. The summed E-state index contributed by atoms with van der Waals surface area (Å²) in [6.45, 7) is 10.3. The van der Waals surface area contributed by atoms with Crippen LogP contribution in [0.2, 0.25) is 0 Å². The van der Waals surface area contributed by atoms with E-state index in [9.17, 15) is 0 Å². The maximum absolute atomic E-state index is 3.98. The molecule has 0 saturated heterocycles. The largest absolute Gasteiger partial charge is 0.311 e. The van der Waals surface area contributed by atoms with Gasteiger partial charge >= 0.3 is 0 Å². The van der Waals surface area contributed by atoms with Gasteiger partial charge in [0.2, 0.25) is 0 Å². The van der Waals surface area contributed by atoms with Crippen molar-refractivity contribution in [3.8, 4) is 33.6 Å². The highest BCUT2D eigenvalue weighted by molar-refractivity contribution is 6.13. The Hall–Kier alpha value is -10.4. The summed E-state index contributed by atoms with van der Waals surface area (Å²) in [7, 11) is 0. The first-order chi connectivity index (χ1) is 40.0. The molecule has 4 heteroatoms. The molecule has 1 aliphatic rings. The van der Waals surface area contributed by atoms with E-state index in [1.807, 2.05) is 12.2 Å². The molecule has 2 heterocycles. The zero-order valence-corrected chi connectivity index (χ0v) is 45.1. The molecule has 2 unspecified atom stereocenters. The maximum Gasteiger partial charge on any atom is 0.0542 e. The molecule has 0 amide bonds. The van der Waals surface area contributed by atoms with E-state index >= 15 is 0 Å². The molecule has 4 nitrogen and oxygen atoms in total. The second kappa shape index (κ2) is 20.8. The Bertz CT molecular complexity index is 4530. The van der Waals surface area contributed by atoms with E-state index in [0.717, 1.165) is 62.2 Å². The molecule has 0 spiro atoms. The van der Waals surface area contributed by atoms with Gasteiger partial charge in [-0.2, -0.15) is 0 Å². The number of hydrogen-bond donors (Lipinski definition) is 0. The topological polar surface area (TPSA) is 16.3 Å². The van der Waals surface area contributed by atoms with Crippen LogP contribution in [0.3, 0.4) is 0 Å². The van der Waals surface area contributed by atoms with Crippen molar-refractivity contribution in [2.45, 2.75) is 12.8 Å². The van der Waals surface area contributed by atoms with Crippen LogP contribution < -0.4 is 9.80 Å². The third-order valence-electron chi connectivity index (χ3n) is 16.3. The molecular weight excluding hydrogens is 981 g/mol. The molecule has 81 heavy (non-hydrogen) atoms.